The summed E-state index contributed by atoms with van der Waals surface area (Å²) in [6.07, 6.45) is 1.25. The van der Waals surface area contributed by atoms with Crippen LogP contribution in [0.5, 0.6) is 0 Å². The average Bonchev–Trinajstić information content (AvgIpc) is 1.83. The summed E-state index contributed by atoms with van der Waals surface area (Å²) < 4.78 is 18.5. The molecular weight excluding hydrogens is 115 g/mol. The molecule has 0 radical (unpaired) electrons. The van der Waals surface area contributed by atoms with Crippen LogP contribution in [0.15, 0.2) is 0 Å². The molecule has 0 spiro atoms. The smallest absolute Gasteiger partial charge is 0.437 e. The molecule has 0 bridgehead atoms. The van der Waals surface area contributed by atoms with Gasteiger partial charge in [-0.05, 0) is 0 Å². The van der Waals surface area contributed by atoms with E-state index in [1.807, 2.05) is 0 Å². The van der Waals surface area contributed by atoms with Crippen LogP contribution in [0, 0.1) is 12.3 Å². The zero-order chi connectivity index (χ0) is 6.41. The maximum atomic E-state index is 10.8. The van der Waals surface area contributed by atoms with Crippen LogP contribution in [-0.2, 0) is 9.47 Å². The van der Waals surface area contributed by atoms with Crippen molar-refractivity contribution in [3.63, 3.8) is 0 Å². The Morgan fingerprint density at radius 1 is 1.75 bits per heavy atom. The number of halogens is 1. The van der Waals surface area contributed by atoms with Crippen molar-refractivity contribution in [2.24, 2.45) is 0 Å². The summed E-state index contributed by atoms with van der Waals surface area (Å²) in [5.41, 5.74) is 0. The molecule has 0 atom stereocenters. The average molecular weight is 118 g/mol. The van der Waals surface area contributed by atoms with Crippen LogP contribution in [0.25, 0.3) is 0 Å². The Bertz CT molecular complexity index is 132. The van der Waals surface area contributed by atoms with E-state index >= 15 is 0 Å². The fourth-order valence-electron chi connectivity index (χ4n) is 0.103. The molecule has 0 saturated heterocycles. The fraction of sp³-hybridized carbons (Fsp3) is 0.250. The molecule has 0 aromatic rings. The lowest BCUT2D eigenvalue weighted by Gasteiger charge is -1.87. The van der Waals surface area contributed by atoms with E-state index in [4.69, 9.17) is 0 Å². The van der Waals surface area contributed by atoms with Crippen LogP contribution >= 0.6 is 0 Å². The third-order valence-electron chi connectivity index (χ3n) is 0.340. The van der Waals surface area contributed by atoms with Crippen molar-refractivity contribution in [2.45, 2.75) is 0 Å². The maximum Gasteiger partial charge on any atom is 0.522 e. The van der Waals surface area contributed by atoms with Gasteiger partial charge in [0.1, 0.15) is 6.17 Å². The molecule has 0 unspecified atom stereocenters. The van der Waals surface area contributed by atoms with Crippen molar-refractivity contribution in [2.75, 3.05) is 7.11 Å². The van der Waals surface area contributed by atoms with Crippen LogP contribution in [0.4, 0.5) is 9.18 Å². The highest BCUT2D eigenvalue weighted by Gasteiger charge is 1.93. The van der Waals surface area contributed by atoms with Crippen molar-refractivity contribution < 1.29 is 18.7 Å². The summed E-state index contributed by atoms with van der Waals surface area (Å²) >= 11 is 0. The lowest BCUT2D eigenvalue weighted by Crippen LogP contribution is -1.97. The maximum absolute atomic E-state index is 10.8. The van der Waals surface area contributed by atoms with Gasteiger partial charge in [0.05, 0.1) is 7.11 Å². The molecule has 4 heteroatoms. The van der Waals surface area contributed by atoms with Gasteiger partial charge in [0.15, 0.2) is 6.11 Å². The molecule has 0 heterocycles. The number of methoxy groups -OCH3 is 1. The normalized spacial score (nSPS) is 6.25. The second-order valence-corrected chi connectivity index (χ2v) is 0.753. The monoisotopic (exact) mass is 118 g/mol. The van der Waals surface area contributed by atoms with E-state index in [1.54, 1.807) is 0 Å². The first-order valence-corrected chi connectivity index (χ1v) is 1.66. The summed E-state index contributed by atoms with van der Waals surface area (Å²) in [5, 5.41) is 0. The Hall–Kier alpha value is -1.24. The number of hydrogen-bond acceptors (Lipinski definition) is 3. The molecule has 0 amide bonds. The van der Waals surface area contributed by atoms with Gasteiger partial charge in [0.2, 0.25) is 0 Å². The van der Waals surface area contributed by atoms with Gasteiger partial charge in [-0.1, -0.05) is 0 Å². The van der Waals surface area contributed by atoms with Crippen molar-refractivity contribution in [3.05, 3.63) is 0 Å². The largest absolute Gasteiger partial charge is 0.522 e. The van der Waals surface area contributed by atoms with Gasteiger partial charge in [-0.2, -0.15) is 0 Å². The van der Waals surface area contributed by atoms with Crippen LogP contribution in [0.2, 0.25) is 0 Å². The zero-order valence-corrected chi connectivity index (χ0v) is 4.10. The zero-order valence-electron chi connectivity index (χ0n) is 4.10. The second kappa shape index (κ2) is 3.93. The lowest BCUT2D eigenvalue weighted by molar-refractivity contribution is 0.111. The predicted molar refractivity (Wildman–Crippen MR) is 22.4 cm³/mol. The molecule has 8 heavy (non-hydrogen) atoms. The molecule has 0 aromatic carbocycles. The summed E-state index contributed by atoms with van der Waals surface area (Å²) in [6, 6.07) is 0. The van der Waals surface area contributed by atoms with Crippen LogP contribution in [-0.4, -0.2) is 13.3 Å². The van der Waals surface area contributed by atoms with Gasteiger partial charge >= 0.3 is 6.16 Å². The molecule has 44 valence electrons. The first kappa shape index (κ1) is 6.76. The van der Waals surface area contributed by atoms with Crippen LogP contribution in [0.1, 0.15) is 0 Å². The first-order valence-electron chi connectivity index (χ1n) is 1.66. The van der Waals surface area contributed by atoms with Gasteiger partial charge in [0.25, 0.3) is 0 Å². The minimum absolute atomic E-state index is 0.860. The Kier molecular flexibility index (Phi) is 3.32. The minimum Gasteiger partial charge on any atom is -0.437 e. The molecule has 0 aliphatic heterocycles. The number of carbonyl (C=O) groups is 1. The van der Waals surface area contributed by atoms with E-state index in [2.05, 4.69) is 9.47 Å². The summed E-state index contributed by atoms with van der Waals surface area (Å²) in [5.74, 6) is 0. The van der Waals surface area contributed by atoms with Crippen molar-refractivity contribution in [3.8, 4) is 12.3 Å². The van der Waals surface area contributed by atoms with Crippen molar-refractivity contribution >= 4 is 6.16 Å². The molecule has 3 nitrogen and oxygen atoms in total. The molecule has 0 fully saturated rings. The van der Waals surface area contributed by atoms with Gasteiger partial charge in [0, 0.05) is 0 Å². The highest BCUT2D eigenvalue weighted by molar-refractivity contribution is 5.60. The summed E-state index contributed by atoms with van der Waals surface area (Å²) in [7, 11) is 1.10. The van der Waals surface area contributed by atoms with E-state index in [-0.39, 0.29) is 0 Å². The predicted octanol–water partition coefficient (Wildman–Crippen LogP) is 0.657. The third kappa shape index (κ3) is 2.97. The van der Waals surface area contributed by atoms with Gasteiger partial charge < -0.3 is 9.47 Å². The molecule has 0 rings (SSSR count). The highest BCUT2D eigenvalue weighted by Crippen LogP contribution is 1.76. The number of ether oxygens (including phenoxy) is 2. The van der Waals surface area contributed by atoms with Crippen LogP contribution in [0.3, 0.4) is 0 Å². The van der Waals surface area contributed by atoms with E-state index in [0.717, 1.165) is 13.3 Å². The third-order valence-corrected chi connectivity index (χ3v) is 0.340. The molecule has 0 aromatic heterocycles. The van der Waals surface area contributed by atoms with Gasteiger partial charge in [-0.25, -0.2) is 4.79 Å². The standard InChI is InChI=1S/C4H3FO3/c1-7-4(6)8-3-2-5/h1H3. The number of hydrogen-bond donors (Lipinski definition) is 0. The van der Waals surface area contributed by atoms with Crippen molar-refractivity contribution in [1.82, 2.24) is 0 Å². The van der Waals surface area contributed by atoms with Gasteiger partial charge in [-0.3, -0.25) is 0 Å². The van der Waals surface area contributed by atoms with E-state index in [0.29, 0.717) is 0 Å². The molecule has 0 aliphatic rings. The lowest BCUT2D eigenvalue weighted by atomic mass is 11.2. The molecule has 0 saturated carbocycles. The van der Waals surface area contributed by atoms with Crippen molar-refractivity contribution in [1.29, 1.82) is 0 Å². The number of rotatable bonds is 0. The minimum atomic E-state index is -1.02. The topological polar surface area (TPSA) is 35.5 Å². The fourth-order valence-corrected chi connectivity index (χ4v) is 0.103. The molecular formula is C4H3FO3. The Morgan fingerprint density at radius 3 is 2.75 bits per heavy atom. The van der Waals surface area contributed by atoms with Gasteiger partial charge in [-0.15, -0.1) is 4.39 Å². The number of carbonyl (C=O) groups excluding carboxylic acids is 1. The van der Waals surface area contributed by atoms with E-state index < -0.39 is 6.16 Å². The quantitative estimate of drug-likeness (QED) is 0.346. The Labute approximate surface area is 45.4 Å². The Morgan fingerprint density at radius 2 is 2.38 bits per heavy atom. The van der Waals surface area contributed by atoms with E-state index in [1.165, 1.54) is 6.11 Å². The summed E-state index contributed by atoms with van der Waals surface area (Å²) in [4.78, 5) is 9.86. The highest BCUT2D eigenvalue weighted by atomic mass is 19.1. The first-order chi connectivity index (χ1) is 3.81. The Balaban J connectivity index is 3.35. The van der Waals surface area contributed by atoms with E-state index in [9.17, 15) is 9.18 Å². The molecule has 0 N–H and O–H groups in total. The molecule has 0 aliphatic carbocycles. The summed E-state index contributed by atoms with van der Waals surface area (Å²) in [6.45, 7) is 0. The SMILES string of the molecule is COC(=O)OC#CF. The van der Waals surface area contributed by atoms with Crippen LogP contribution < -0.4 is 0 Å². The second-order valence-electron chi connectivity index (χ2n) is 0.753.